The van der Waals surface area contributed by atoms with Crippen molar-refractivity contribution in [1.29, 1.82) is 0 Å². The van der Waals surface area contributed by atoms with Crippen LogP contribution in [0.1, 0.15) is 90.0 Å². The number of para-hydroxylation sites is 4. The Kier molecular flexibility index (Phi) is 5.23. The summed E-state index contributed by atoms with van der Waals surface area (Å²) in [5, 5.41) is 0. The first-order valence-electron chi connectivity index (χ1n) is 17.0. The van der Waals surface area contributed by atoms with Gasteiger partial charge in [0, 0.05) is 37.0 Å². The standard InChI is InChI=1S/C38H42N6O2/c1-33(2)35(5)15-17-37(33,29-27(35)39-23-11-7-9-13-25(23)41-29)31(45)43-19-21-44(22-20-43)32(46)38-18-16-36(6,34(38,3)4)28-30(38)42-26-14-10-8-12-24(26)40-28/h7-14H,15-22H2,1-6H3. The molecule has 4 aromatic rings. The second kappa shape index (κ2) is 8.50. The number of rotatable bonds is 2. The Hall–Kier alpha value is -3.94. The first-order chi connectivity index (χ1) is 21.8. The lowest BCUT2D eigenvalue weighted by Crippen LogP contribution is -2.61. The van der Waals surface area contributed by atoms with E-state index in [1.807, 2.05) is 58.3 Å². The lowest BCUT2D eigenvalue weighted by atomic mass is 9.63. The molecule has 2 amide bonds. The molecule has 4 bridgehead atoms. The van der Waals surface area contributed by atoms with Gasteiger partial charge >= 0.3 is 0 Å². The minimum absolute atomic E-state index is 0.145. The molecule has 1 aliphatic heterocycles. The molecule has 2 aromatic carbocycles. The zero-order valence-electron chi connectivity index (χ0n) is 27.8. The van der Waals surface area contributed by atoms with Gasteiger partial charge in [0.25, 0.3) is 0 Å². The molecule has 8 heteroatoms. The second-order valence-corrected chi connectivity index (χ2v) is 16.1. The monoisotopic (exact) mass is 614 g/mol. The average molecular weight is 615 g/mol. The average Bonchev–Trinajstić information content (AvgIpc) is 3.53. The zero-order valence-corrected chi connectivity index (χ0v) is 27.8. The van der Waals surface area contributed by atoms with Crippen molar-refractivity contribution in [2.75, 3.05) is 26.2 Å². The summed E-state index contributed by atoms with van der Waals surface area (Å²) in [6.07, 6.45) is 3.37. The van der Waals surface area contributed by atoms with Gasteiger partial charge in [0.05, 0.1) is 55.7 Å². The van der Waals surface area contributed by atoms with E-state index in [2.05, 4.69) is 41.5 Å². The minimum atomic E-state index is -0.727. The molecule has 0 N–H and O–H groups in total. The fraction of sp³-hybridized carbons (Fsp3) is 0.526. The van der Waals surface area contributed by atoms with Crippen molar-refractivity contribution in [3.63, 3.8) is 0 Å². The molecule has 0 spiro atoms. The van der Waals surface area contributed by atoms with E-state index in [-0.39, 0.29) is 33.5 Å². The number of fused-ring (bicyclic) bond motifs is 12. The van der Waals surface area contributed by atoms with Crippen molar-refractivity contribution < 1.29 is 9.59 Å². The van der Waals surface area contributed by atoms with Gasteiger partial charge in [0.1, 0.15) is 0 Å². The zero-order chi connectivity index (χ0) is 32.1. The van der Waals surface area contributed by atoms with E-state index in [9.17, 15) is 9.59 Å². The normalized spacial score (nSPS) is 33.1. The molecule has 4 atom stereocenters. The van der Waals surface area contributed by atoms with E-state index in [0.717, 1.165) is 70.5 Å². The Morgan fingerprint density at radius 3 is 1.13 bits per heavy atom. The molecule has 236 valence electrons. The van der Waals surface area contributed by atoms with Crippen molar-refractivity contribution in [2.45, 2.75) is 88.9 Å². The Morgan fingerprint density at radius 1 is 0.500 bits per heavy atom. The molecule has 4 aliphatic carbocycles. The largest absolute Gasteiger partial charge is 0.338 e. The van der Waals surface area contributed by atoms with Gasteiger partial charge in [0.2, 0.25) is 11.8 Å². The van der Waals surface area contributed by atoms with Crippen LogP contribution in [0.15, 0.2) is 48.5 Å². The molecule has 2 aromatic heterocycles. The maximum Gasteiger partial charge on any atom is 0.235 e. The molecule has 2 saturated carbocycles. The summed E-state index contributed by atoms with van der Waals surface area (Å²) >= 11 is 0. The van der Waals surface area contributed by atoms with Gasteiger partial charge in [-0.2, -0.15) is 0 Å². The second-order valence-electron chi connectivity index (χ2n) is 16.1. The van der Waals surface area contributed by atoms with Crippen LogP contribution >= 0.6 is 0 Å². The Labute approximate surface area is 270 Å². The Balaban J connectivity index is 1.04. The number of amides is 2. The molecule has 5 aliphatic rings. The van der Waals surface area contributed by atoms with Crippen LogP contribution < -0.4 is 0 Å². The van der Waals surface area contributed by atoms with Crippen molar-refractivity contribution >= 4 is 33.9 Å². The van der Waals surface area contributed by atoms with Crippen LogP contribution in [0.25, 0.3) is 22.1 Å². The maximum absolute atomic E-state index is 14.9. The predicted octanol–water partition coefficient (Wildman–Crippen LogP) is 5.60. The first kappa shape index (κ1) is 28.3. The fourth-order valence-electron chi connectivity index (χ4n) is 10.7. The number of piperazine rings is 1. The van der Waals surface area contributed by atoms with E-state index in [1.165, 1.54) is 0 Å². The van der Waals surface area contributed by atoms with Gasteiger partial charge in [-0.3, -0.25) is 9.59 Å². The summed E-state index contributed by atoms with van der Waals surface area (Å²) in [4.78, 5) is 54.4. The van der Waals surface area contributed by atoms with Gasteiger partial charge in [0.15, 0.2) is 0 Å². The highest BCUT2D eigenvalue weighted by Crippen LogP contribution is 2.72. The topological polar surface area (TPSA) is 92.2 Å². The molecule has 4 unspecified atom stereocenters. The molecule has 1 saturated heterocycles. The summed E-state index contributed by atoms with van der Waals surface area (Å²) in [7, 11) is 0. The highest BCUT2D eigenvalue weighted by atomic mass is 16.2. The predicted molar refractivity (Wildman–Crippen MR) is 176 cm³/mol. The van der Waals surface area contributed by atoms with E-state index in [1.54, 1.807) is 0 Å². The molecule has 8 nitrogen and oxygen atoms in total. The minimum Gasteiger partial charge on any atom is -0.338 e. The van der Waals surface area contributed by atoms with Crippen LogP contribution in [-0.4, -0.2) is 67.7 Å². The van der Waals surface area contributed by atoms with E-state index < -0.39 is 10.8 Å². The molecular formula is C38H42N6O2. The van der Waals surface area contributed by atoms with E-state index >= 15 is 0 Å². The summed E-state index contributed by atoms with van der Waals surface area (Å²) in [5.41, 5.74) is 4.59. The Bertz CT molecular complexity index is 1890. The summed E-state index contributed by atoms with van der Waals surface area (Å²) < 4.78 is 0. The number of carbonyl (C=O) groups is 2. The third-order valence-corrected chi connectivity index (χ3v) is 14.5. The van der Waals surface area contributed by atoms with Gasteiger partial charge in [-0.1, -0.05) is 65.8 Å². The van der Waals surface area contributed by atoms with Crippen LogP contribution in [-0.2, 0) is 31.2 Å². The fourth-order valence-corrected chi connectivity index (χ4v) is 10.7. The van der Waals surface area contributed by atoms with Crippen molar-refractivity contribution in [1.82, 2.24) is 29.7 Å². The van der Waals surface area contributed by atoms with Crippen LogP contribution in [0.3, 0.4) is 0 Å². The van der Waals surface area contributed by atoms with E-state index in [4.69, 9.17) is 19.9 Å². The third kappa shape index (κ3) is 2.86. The van der Waals surface area contributed by atoms with Gasteiger partial charge in [-0.15, -0.1) is 0 Å². The number of hydrogen-bond donors (Lipinski definition) is 0. The highest BCUT2D eigenvalue weighted by Gasteiger charge is 2.75. The van der Waals surface area contributed by atoms with Gasteiger partial charge < -0.3 is 9.80 Å². The highest BCUT2D eigenvalue weighted by molar-refractivity contribution is 5.95. The van der Waals surface area contributed by atoms with Gasteiger partial charge in [-0.25, -0.2) is 19.9 Å². The summed E-state index contributed by atoms with van der Waals surface area (Å²) in [6.45, 7) is 15.6. The maximum atomic E-state index is 14.9. The van der Waals surface area contributed by atoms with Crippen molar-refractivity contribution in [3.05, 3.63) is 71.3 Å². The van der Waals surface area contributed by atoms with Crippen LogP contribution in [0.2, 0.25) is 0 Å². The quantitative estimate of drug-likeness (QED) is 0.292. The van der Waals surface area contributed by atoms with Gasteiger partial charge in [-0.05, 0) is 60.8 Å². The molecule has 3 heterocycles. The molecular weight excluding hydrogens is 572 g/mol. The SMILES string of the molecule is CC12CCC(C(=O)N3CCN(C(=O)C45CCC(C)(c6nc7ccccc7nc64)C5(C)C)CC3)(c3nc4ccccc4nc31)C2(C)C. The lowest BCUT2D eigenvalue weighted by molar-refractivity contribution is -0.150. The molecule has 46 heavy (non-hydrogen) atoms. The van der Waals surface area contributed by atoms with Crippen LogP contribution in [0, 0.1) is 10.8 Å². The van der Waals surface area contributed by atoms with E-state index in [0.29, 0.717) is 26.2 Å². The lowest BCUT2D eigenvalue weighted by Gasteiger charge is -2.46. The van der Waals surface area contributed by atoms with Crippen molar-refractivity contribution in [3.8, 4) is 0 Å². The molecule has 3 fully saturated rings. The number of benzene rings is 2. The Morgan fingerprint density at radius 2 is 0.804 bits per heavy atom. The van der Waals surface area contributed by atoms with Crippen LogP contribution in [0.5, 0.6) is 0 Å². The third-order valence-electron chi connectivity index (χ3n) is 14.5. The van der Waals surface area contributed by atoms with Crippen LogP contribution in [0.4, 0.5) is 0 Å². The molecule has 0 radical (unpaired) electrons. The molecule has 9 rings (SSSR count). The number of aromatic nitrogens is 4. The number of carbonyl (C=O) groups excluding carboxylic acids is 2. The smallest absolute Gasteiger partial charge is 0.235 e. The number of nitrogens with zero attached hydrogens (tertiary/aromatic N) is 6. The number of hydrogen-bond acceptors (Lipinski definition) is 6. The summed E-state index contributed by atoms with van der Waals surface area (Å²) in [5.74, 6) is 0.291. The first-order valence-corrected chi connectivity index (χ1v) is 17.0. The van der Waals surface area contributed by atoms with Crippen molar-refractivity contribution in [2.24, 2.45) is 10.8 Å². The summed E-state index contributed by atoms with van der Waals surface area (Å²) in [6, 6.07) is 16.0.